The molecule has 0 fully saturated rings. The van der Waals surface area contributed by atoms with Crippen LogP contribution in [0.3, 0.4) is 0 Å². The SMILES string of the molecule is CN(C)c1nnc(Sc2nc(Cl)ncc2N)s1. The molecule has 0 aliphatic heterocycles. The molecule has 6 nitrogen and oxygen atoms in total. The summed E-state index contributed by atoms with van der Waals surface area (Å²) in [5, 5.41) is 9.63. The number of rotatable bonds is 3. The minimum atomic E-state index is 0.166. The fourth-order valence-electron chi connectivity index (χ4n) is 0.944. The van der Waals surface area contributed by atoms with E-state index in [1.807, 2.05) is 19.0 Å². The molecule has 0 bridgehead atoms. The quantitative estimate of drug-likeness (QED) is 0.681. The summed E-state index contributed by atoms with van der Waals surface area (Å²) in [6, 6.07) is 0. The van der Waals surface area contributed by atoms with Crippen LogP contribution in [0.2, 0.25) is 5.28 Å². The lowest BCUT2D eigenvalue weighted by Gasteiger charge is -2.04. The first-order valence-corrected chi connectivity index (χ1v) is 6.54. The van der Waals surface area contributed by atoms with E-state index >= 15 is 0 Å². The van der Waals surface area contributed by atoms with Crippen molar-refractivity contribution in [2.75, 3.05) is 24.7 Å². The molecule has 0 radical (unpaired) electrons. The molecular weight excluding hydrogens is 280 g/mol. The van der Waals surface area contributed by atoms with Gasteiger partial charge in [-0.05, 0) is 23.4 Å². The van der Waals surface area contributed by atoms with Crippen molar-refractivity contribution in [2.45, 2.75) is 9.37 Å². The molecule has 0 amide bonds. The van der Waals surface area contributed by atoms with Crippen LogP contribution < -0.4 is 10.6 Å². The lowest BCUT2D eigenvalue weighted by molar-refractivity contribution is 0.969. The minimum absolute atomic E-state index is 0.166. The Hall–Kier alpha value is -1.12. The van der Waals surface area contributed by atoms with Crippen molar-refractivity contribution in [3.8, 4) is 0 Å². The highest BCUT2D eigenvalue weighted by atomic mass is 35.5. The molecule has 17 heavy (non-hydrogen) atoms. The smallest absolute Gasteiger partial charge is 0.223 e. The van der Waals surface area contributed by atoms with E-state index in [1.165, 1.54) is 29.3 Å². The average molecular weight is 289 g/mol. The summed E-state index contributed by atoms with van der Waals surface area (Å²) in [6.07, 6.45) is 1.48. The van der Waals surface area contributed by atoms with Crippen LogP contribution in [-0.4, -0.2) is 34.3 Å². The third-order valence-electron chi connectivity index (χ3n) is 1.71. The third kappa shape index (κ3) is 2.96. The van der Waals surface area contributed by atoms with Gasteiger partial charge in [-0.25, -0.2) is 9.97 Å². The van der Waals surface area contributed by atoms with Crippen molar-refractivity contribution >= 4 is 45.5 Å². The molecule has 2 N–H and O–H groups in total. The molecule has 2 rings (SSSR count). The van der Waals surface area contributed by atoms with Crippen molar-refractivity contribution in [2.24, 2.45) is 0 Å². The molecule has 2 aromatic rings. The Morgan fingerprint density at radius 3 is 2.82 bits per heavy atom. The normalized spacial score (nSPS) is 10.5. The van der Waals surface area contributed by atoms with Crippen molar-refractivity contribution in [3.63, 3.8) is 0 Å². The van der Waals surface area contributed by atoms with Crippen molar-refractivity contribution in [1.82, 2.24) is 20.2 Å². The standard InChI is InChI=1S/C8H9ClN6S2/c1-15(2)7-13-14-8(17-7)16-5-4(10)3-11-6(9)12-5/h3H,10H2,1-2H3. The van der Waals surface area contributed by atoms with Gasteiger partial charge >= 0.3 is 0 Å². The molecule has 0 unspecified atom stereocenters. The monoisotopic (exact) mass is 288 g/mol. The van der Waals surface area contributed by atoms with Crippen LogP contribution in [0.4, 0.5) is 10.8 Å². The van der Waals surface area contributed by atoms with E-state index in [1.54, 1.807) is 0 Å². The molecule has 0 spiro atoms. The second kappa shape index (κ2) is 5.03. The summed E-state index contributed by atoms with van der Waals surface area (Å²) in [4.78, 5) is 9.72. The molecular formula is C8H9ClN6S2. The molecule has 0 aliphatic rings. The minimum Gasteiger partial charge on any atom is -0.395 e. The maximum atomic E-state index is 5.75. The lowest BCUT2D eigenvalue weighted by atomic mass is 10.6. The Kier molecular flexibility index (Phi) is 3.65. The number of hydrogen-bond donors (Lipinski definition) is 1. The van der Waals surface area contributed by atoms with Gasteiger partial charge in [-0.1, -0.05) is 11.3 Å². The van der Waals surface area contributed by atoms with Gasteiger partial charge in [0.1, 0.15) is 5.03 Å². The third-order valence-corrected chi connectivity index (χ3v) is 4.06. The molecule has 0 saturated heterocycles. The van der Waals surface area contributed by atoms with Gasteiger partial charge in [0, 0.05) is 14.1 Å². The topological polar surface area (TPSA) is 80.8 Å². The summed E-state index contributed by atoms with van der Waals surface area (Å²) >= 11 is 8.49. The number of anilines is 2. The van der Waals surface area contributed by atoms with Crippen molar-refractivity contribution < 1.29 is 0 Å². The first-order valence-electron chi connectivity index (χ1n) is 4.53. The zero-order valence-electron chi connectivity index (χ0n) is 9.09. The van der Waals surface area contributed by atoms with Crippen LogP contribution in [0, 0.1) is 0 Å². The van der Waals surface area contributed by atoms with Crippen LogP contribution >= 0.6 is 34.7 Å². The lowest BCUT2D eigenvalue weighted by Crippen LogP contribution is -2.07. The molecule has 0 saturated carbocycles. The van der Waals surface area contributed by atoms with E-state index in [0.29, 0.717) is 10.7 Å². The number of hydrogen-bond acceptors (Lipinski definition) is 8. The van der Waals surface area contributed by atoms with Gasteiger partial charge < -0.3 is 10.6 Å². The number of halogens is 1. The van der Waals surface area contributed by atoms with E-state index in [9.17, 15) is 0 Å². The number of nitrogens with zero attached hydrogens (tertiary/aromatic N) is 5. The Balaban J connectivity index is 2.22. The second-order valence-electron chi connectivity index (χ2n) is 3.25. The van der Waals surface area contributed by atoms with Gasteiger partial charge in [0.25, 0.3) is 0 Å². The highest BCUT2D eigenvalue weighted by Gasteiger charge is 2.11. The second-order valence-corrected chi connectivity index (χ2v) is 5.78. The predicted octanol–water partition coefficient (Wildman–Crippen LogP) is 1.78. The largest absolute Gasteiger partial charge is 0.395 e. The summed E-state index contributed by atoms with van der Waals surface area (Å²) in [5.41, 5.74) is 6.22. The summed E-state index contributed by atoms with van der Waals surface area (Å²) in [6.45, 7) is 0. The first-order chi connectivity index (χ1) is 8.06. The Bertz CT molecular complexity index is 528. The Morgan fingerprint density at radius 2 is 2.18 bits per heavy atom. The number of nitrogens with two attached hydrogens (primary N) is 1. The van der Waals surface area contributed by atoms with Crippen LogP contribution in [-0.2, 0) is 0 Å². The van der Waals surface area contributed by atoms with E-state index in [0.717, 1.165) is 9.47 Å². The molecule has 2 aromatic heterocycles. The van der Waals surface area contributed by atoms with Crippen molar-refractivity contribution in [3.05, 3.63) is 11.5 Å². The highest BCUT2D eigenvalue weighted by Crippen LogP contribution is 2.34. The van der Waals surface area contributed by atoms with E-state index in [2.05, 4.69) is 20.2 Å². The number of aromatic nitrogens is 4. The van der Waals surface area contributed by atoms with Crippen LogP contribution in [0.5, 0.6) is 0 Å². The van der Waals surface area contributed by atoms with E-state index in [-0.39, 0.29) is 5.28 Å². The summed E-state index contributed by atoms with van der Waals surface area (Å²) < 4.78 is 0.759. The van der Waals surface area contributed by atoms with Gasteiger partial charge in [0.2, 0.25) is 10.4 Å². The van der Waals surface area contributed by atoms with Gasteiger partial charge in [-0.3, -0.25) is 0 Å². The van der Waals surface area contributed by atoms with Gasteiger partial charge in [-0.2, -0.15) is 0 Å². The van der Waals surface area contributed by atoms with Gasteiger partial charge in [0.15, 0.2) is 4.34 Å². The summed E-state index contributed by atoms with van der Waals surface area (Å²) in [7, 11) is 3.82. The fourth-order valence-corrected chi connectivity index (χ4v) is 2.81. The van der Waals surface area contributed by atoms with E-state index < -0.39 is 0 Å². The zero-order chi connectivity index (χ0) is 12.4. The Labute approximate surface area is 111 Å². The van der Waals surface area contributed by atoms with Gasteiger partial charge in [-0.15, -0.1) is 10.2 Å². The molecule has 0 atom stereocenters. The zero-order valence-corrected chi connectivity index (χ0v) is 11.5. The van der Waals surface area contributed by atoms with Crippen LogP contribution in [0.25, 0.3) is 0 Å². The van der Waals surface area contributed by atoms with E-state index in [4.69, 9.17) is 17.3 Å². The predicted molar refractivity (Wildman–Crippen MR) is 69.8 cm³/mol. The summed E-state index contributed by atoms with van der Waals surface area (Å²) in [5.74, 6) is 0. The molecule has 2 heterocycles. The molecule has 9 heteroatoms. The first kappa shape index (κ1) is 12.3. The van der Waals surface area contributed by atoms with Gasteiger partial charge in [0.05, 0.1) is 11.9 Å². The van der Waals surface area contributed by atoms with Crippen LogP contribution in [0.15, 0.2) is 15.6 Å². The maximum Gasteiger partial charge on any atom is 0.223 e. The Morgan fingerprint density at radius 1 is 1.41 bits per heavy atom. The maximum absolute atomic E-state index is 5.75. The highest BCUT2D eigenvalue weighted by molar-refractivity contribution is 8.01. The average Bonchev–Trinajstić information content (AvgIpc) is 2.72. The molecule has 90 valence electrons. The van der Waals surface area contributed by atoms with Crippen molar-refractivity contribution in [1.29, 1.82) is 0 Å². The molecule has 0 aromatic carbocycles. The fraction of sp³-hybridized carbons (Fsp3) is 0.250. The molecule has 0 aliphatic carbocycles. The van der Waals surface area contributed by atoms with Crippen LogP contribution in [0.1, 0.15) is 0 Å². The number of nitrogen functional groups attached to an aromatic ring is 1.